The van der Waals surface area contributed by atoms with Crippen LogP contribution in [0.1, 0.15) is 96.3 Å². The molecule has 0 unspecified atom stereocenters. The van der Waals surface area contributed by atoms with Crippen molar-refractivity contribution in [3.8, 4) is 23.0 Å². The summed E-state index contributed by atoms with van der Waals surface area (Å²) >= 11 is 1.80. The van der Waals surface area contributed by atoms with Gasteiger partial charge >= 0.3 is 0 Å². The third kappa shape index (κ3) is 23.8. The number of thioether (sulfide) groups is 1. The molecule has 402 valence electrons. The van der Waals surface area contributed by atoms with Crippen LogP contribution in [0.25, 0.3) is 0 Å². The van der Waals surface area contributed by atoms with Crippen LogP contribution in [0, 0.1) is 0 Å². The lowest BCUT2D eigenvalue weighted by Crippen LogP contribution is -2.38. The predicted octanol–water partition coefficient (Wildman–Crippen LogP) is 7.79. The van der Waals surface area contributed by atoms with E-state index in [9.17, 15) is 9.59 Å². The fourth-order valence-corrected chi connectivity index (χ4v) is 9.02. The van der Waals surface area contributed by atoms with Crippen molar-refractivity contribution in [3.63, 3.8) is 0 Å². The fourth-order valence-electron chi connectivity index (χ4n) is 8.04. The number of rotatable bonds is 16. The lowest BCUT2D eigenvalue weighted by molar-refractivity contribution is -0.134. The Morgan fingerprint density at radius 2 is 1.04 bits per heavy atom. The van der Waals surface area contributed by atoms with Gasteiger partial charge in [-0.3, -0.25) is 9.59 Å². The molecule has 5 aromatic heterocycles. The first-order valence-electron chi connectivity index (χ1n) is 25.9. The number of anilines is 5. The van der Waals surface area contributed by atoms with E-state index < -0.39 is 0 Å². The first-order valence-corrected chi connectivity index (χ1v) is 26.9. The molecular weight excluding hydrogens is 959 g/mol. The first-order chi connectivity index (χ1) is 35.9. The third-order valence-electron chi connectivity index (χ3n) is 12.1. The second-order valence-electron chi connectivity index (χ2n) is 18.6. The largest absolute Gasteiger partial charge is 0.492 e. The molecule has 10 N–H and O–H groups in total. The quantitative estimate of drug-likeness (QED) is 0.0466. The van der Waals surface area contributed by atoms with Gasteiger partial charge in [0.05, 0.1) is 43.6 Å². The van der Waals surface area contributed by atoms with Gasteiger partial charge in [-0.25, -0.2) is 24.9 Å². The van der Waals surface area contributed by atoms with Crippen LogP contribution in [0.3, 0.4) is 0 Å². The van der Waals surface area contributed by atoms with Crippen molar-refractivity contribution >= 4 is 52.7 Å². The van der Waals surface area contributed by atoms with E-state index in [1.165, 1.54) is 75.3 Å². The molecule has 0 atom stereocenters. The van der Waals surface area contributed by atoms with Crippen molar-refractivity contribution in [3.05, 3.63) is 91.6 Å². The normalized spacial score (nSPS) is 15.5. The lowest BCUT2D eigenvalue weighted by atomic mass is 9.98. The van der Waals surface area contributed by atoms with Crippen molar-refractivity contribution in [2.45, 2.75) is 113 Å². The summed E-state index contributed by atoms with van der Waals surface area (Å²) in [4.78, 5) is 50.0. The van der Waals surface area contributed by atoms with Gasteiger partial charge in [-0.05, 0) is 158 Å². The van der Waals surface area contributed by atoms with Crippen molar-refractivity contribution in [2.24, 2.45) is 0 Å². The van der Waals surface area contributed by atoms with Crippen LogP contribution in [0.5, 0.6) is 23.0 Å². The molecule has 2 amide bonds. The highest BCUT2D eigenvalue weighted by Crippen LogP contribution is 2.25. The minimum atomic E-state index is 0.0431. The maximum atomic E-state index is 11.8. The van der Waals surface area contributed by atoms with Crippen molar-refractivity contribution in [1.29, 1.82) is 0 Å². The molecule has 19 nitrogen and oxygen atoms in total. The molecule has 2 aliphatic carbocycles. The minimum Gasteiger partial charge on any atom is -0.492 e. The number of amides is 2. The molecule has 4 aliphatic rings. The number of nitrogen functional groups attached to an aromatic ring is 5. The van der Waals surface area contributed by atoms with E-state index in [0.29, 0.717) is 65.8 Å². The van der Waals surface area contributed by atoms with E-state index >= 15 is 0 Å². The molecule has 9 rings (SSSR count). The van der Waals surface area contributed by atoms with Crippen LogP contribution in [0.2, 0.25) is 0 Å². The second kappa shape index (κ2) is 33.1. The first kappa shape index (κ1) is 58.1. The average molecular weight is 1040 g/mol. The highest BCUT2D eigenvalue weighted by atomic mass is 32.2. The molecule has 2 saturated carbocycles. The van der Waals surface area contributed by atoms with Gasteiger partial charge in [0.25, 0.3) is 5.91 Å². The van der Waals surface area contributed by atoms with Gasteiger partial charge in [0.1, 0.15) is 52.1 Å². The number of aromatic nitrogens is 5. The molecule has 0 radical (unpaired) electrons. The van der Waals surface area contributed by atoms with Gasteiger partial charge in [-0.2, -0.15) is 0 Å². The number of nitrogens with zero attached hydrogens (tertiary/aromatic N) is 8. The topological polar surface area (TPSA) is 275 Å². The molecule has 2 aliphatic heterocycles. The Morgan fingerprint density at radius 1 is 0.581 bits per heavy atom. The number of hydrogen-bond acceptors (Lipinski definition) is 18. The van der Waals surface area contributed by atoms with Gasteiger partial charge in [0, 0.05) is 56.0 Å². The summed E-state index contributed by atoms with van der Waals surface area (Å²) in [5, 5.41) is 0. The van der Waals surface area contributed by atoms with Gasteiger partial charge in [-0.15, -0.1) is 11.8 Å². The Bertz CT molecular complexity index is 2300. The number of nitrogens with two attached hydrogens (primary N) is 5. The highest BCUT2D eigenvalue weighted by molar-refractivity contribution is 7.99. The Hall–Kier alpha value is -6.80. The molecule has 0 spiro atoms. The number of ether oxygens (including phenoxy) is 4. The van der Waals surface area contributed by atoms with Crippen LogP contribution < -0.4 is 47.6 Å². The predicted molar refractivity (Wildman–Crippen MR) is 295 cm³/mol. The van der Waals surface area contributed by atoms with Crippen molar-refractivity contribution in [2.75, 3.05) is 94.5 Å². The third-order valence-corrected chi connectivity index (χ3v) is 13.1. The van der Waals surface area contributed by atoms with E-state index in [1.807, 2.05) is 40.3 Å². The Kier molecular flexibility index (Phi) is 26.0. The molecule has 4 fully saturated rings. The van der Waals surface area contributed by atoms with Crippen LogP contribution in [-0.4, -0.2) is 129 Å². The zero-order chi connectivity index (χ0) is 52.8. The Morgan fingerprint density at radius 3 is 1.49 bits per heavy atom. The average Bonchev–Trinajstić information content (AvgIpc) is 4.10. The summed E-state index contributed by atoms with van der Waals surface area (Å²) in [6, 6.07) is 18.0. The number of carbonyl (C=O) groups is 2. The molecule has 0 aromatic carbocycles. The number of hydrogen-bond donors (Lipinski definition) is 5. The van der Waals surface area contributed by atoms with E-state index in [2.05, 4.69) is 43.9 Å². The summed E-state index contributed by atoms with van der Waals surface area (Å²) in [5.41, 5.74) is 27.4. The molecule has 0 bridgehead atoms. The monoisotopic (exact) mass is 1040 g/mol. The number of piperidine rings is 1. The fraction of sp³-hybridized carbons (Fsp3) is 0.500. The summed E-state index contributed by atoms with van der Waals surface area (Å²) in [6.07, 6.45) is 26.2. The summed E-state index contributed by atoms with van der Waals surface area (Å²) in [5.74, 6) is 6.94. The molecule has 2 saturated heterocycles. The summed E-state index contributed by atoms with van der Waals surface area (Å²) in [7, 11) is 4.14. The maximum Gasteiger partial charge on any atom is 0.260 e. The molecule has 74 heavy (non-hydrogen) atoms. The standard InChI is InChI=1S/2C12H17N3O2.C11H16N2O.C10H14N2O.C9H15N3S/c13-11-5-4-10(9-14-11)17-8-2-7-15-6-1-3-12(15)16;13-11-5-4-10(8-14-11)17-9-12(16)15-6-2-1-3-7-15;12-11-7-6-10(8-13-11)14-9-4-2-1-3-5-9;11-10-6-5-9(7-12-10)13-8-3-1-2-4-8;1-12(2)5-6-13-8-3-4-9(10)11-7-8/h4-5,9H,1-3,6-8H2,(H2,13,14);4-5,8H,1-3,6-7,9H2,(H2,13,14);6-9H,1-5H2,(H2,12,13);5-8H,1-4H2,(H2,11,12);3-4,7H,5-6H2,1-2H3,(H2,10,11). The second-order valence-corrected chi connectivity index (χ2v) is 19.7. The Labute approximate surface area is 441 Å². The summed E-state index contributed by atoms with van der Waals surface area (Å²) in [6.45, 7) is 5.11. The zero-order valence-corrected chi connectivity index (χ0v) is 44.2. The maximum absolute atomic E-state index is 11.8. The SMILES string of the molecule is CN(C)CCSc1ccc(N)nc1.Nc1ccc(OC2CCCC2)cn1.Nc1ccc(OC2CCCCC2)cn1.Nc1ccc(OCC(=O)N2CCCCC2)cn1.Nc1ccc(OCCCN2CCCC2=O)cn1. The van der Waals surface area contributed by atoms with Crippen LogP contribution >= 0.6 is 11.8 Å². The van der Waals surface area contributed by atoms with Gasteiger partial charge < -0.3 is 62.3 Å². The molecule has 5 aromatic rings. The van der Waals surface area contributed by atoms with Crippen molar-refractivity contribution < 1.29 is 28.5 Å². The van der Waals surface area contributed by atoms with Gasteiger partial charge in [-0.1, -0.05) is 6.42 Å². The van der Waals surface area contributed by atoms with Gasteiger partial charge in [0.15, 0.2) is 6.61 Å². The molecule has 7 heterocycles. The molecular formula is C54H79N13O6S. The Balaban J connectivity index is 0.000000172. The number of pyridine rings is 5. The van der Waals surface area contributed by atoms with Crippen LogP contribution in [0.15, 0.2) is 96.5 Å². The lowest BCUT2D eigenvalue weighted by Gasteiger charge is -2.26. The molecule has 20 heteroatoms. The zero-order valence-electron chi connectivity index (χ0n) is 43.4. The van der Waals surface area contributed by atoms with Gasteiger partial charge in [0.2, 0.25) is 5.91 Å². The van der Waals surface area contributed by atoms with E-state index in [1.54, 1.807) is 66.8 Å². The van der Waals surface area contributed by atoms with Crippen LogP contribution in [-0.2, 0) is 9.59 Å². The minimum absolute atomic E-state index is 0.0431. The van der Waals surface area contributed by atoms with Crippen molar-refractivity contribution in [1.82, 2.24) is 39.6 Å². The highest BCUT2D eigenvalue weighted by Gasteiger charge is 2.20. The summed E-state index contributed by atoms with van der Waals surface area (Å²) < 4.78 is 22.4. The van der Waals surface area contributed by atoms with E-state index in [-0.39, 0.29) is 18.4 Å². The van der Waals surface area contributed by atoms with E-state index in [0.717, 1.165) is 75.7 Å². The van der Waals surface area contributed by atoms with Crippen LogP contribution in [0.4, 0.5) is 29.1 Å². The van der Waals surface area contributed by atoms with E-state index in [4.69, 9.17) is 47.6 Å². The number of carbonyl (C=O) groups excluding carboxylic acids is 2. The smallest absolute Gasteiger partial charge is 0.260 e. The number of likely N-dealkylation sites (tertiary alicyclic amines) is 2.